The molecule has 1 heterocycles. The number of anilines is 1. The van der Waals surface area contributed by atoms with Crippen LogP contribution in [0.3, 0.4) is 0 Å². The molecule has 1 amide bonds. The standard InChI is InChI=1S/C17H18N2O4/c1-11(13-6-4-5-7-14(13)22-2)16(20)19-15-9-8-12(10-18-15)17(21)23-3/h4-11H,1-3H3,(H,18,19,20). The summed E-state index contributed by atoms with van der Waals surface area (Å²) >= 11 is 0. The molecule has 6 nitrogen and oxygen atoms in total. The van der Waals surface area contributed by atoms with Crippen molar-refractivity contribution in [2.75, 3.05) is 19.5 Å². The van der Waals surface area contributed by atoms with Crippen LogP contribution in [-0.4, -0.2) is 31.1 Å². The van der Waals surface area contributed by atoms with Gasteiger partial charge in [-0.25, -0.2) is 9.78 Å². The van der Waals surface area contributed by atoms with Gasteiger partial charge in [-0.2, -0.15) is 0 Å². The van der Waals surface area contributed by atoms with Gasteiger partial charge in [0.05, 0.1) is 25.7 Å². The maximum absolute atomic E-state index is 12.4. The second-order valence-corrected chi connectivity index (χ2v) is 4.88. The molecule has 1 aromatic heterocycles. The normalized spacial score (nSPS) is 11.4. The number of benzene rings is 1. The Bertz CT molecular complexity index is 698. The van der Waals surface area contributed by atoms with Crippen LogP contribution in [0.2, 0.25) is 0 Å². The van der Waals surface area contributed by atoms with Gasteiger partial charge in [-0.15, -0.1) is 0 Å². The van der Waals surface area contributed by atoms with E-state index < -0.39 is 11.9 Å². The lowest BCUT2D eigenvalue weighted by Crippen LogP contribution is -2.20. The van der Waals surface area contributed by atoms with Crippen LogP contribution in [0.25, 0.3) is 0 Å². The number of pyridine rings is 1. The van der Waals surface area contributed by atoms with Crippen molar-refractivity contribution < 1.29 is 19.1 Å². The molecule has 0 aliphatic heterocycles. The molecule has 1 aromatic carbocycles. The fourth-order valence-corrected chi connectivity index (χ4v) is 2.11. The van der Waals surface area contributed by atoms with Crippen LogP contribution in [0.1, 0.15) is 28.8 Å². The number of carbonyl (C=O) groups is 2. The number of esters is 1. The molecule has 2 aromatic rings. The quantitative estimate of drug-likeness (QED) is 0.858. The molecule has 6 heteroatoms. The summed E-state index contributed by atoms with van der Waals surface area (Å²) in [5, 5.41) is 2.72. The number of hydrogen-bond acceptors (Lipinski definition) is 5. The van der Waals surface area contributed by atoms with Gasteiger partial charge >= 0.3 is 5.97 Å². The van der Waals surface area contributed by atoms with E-state index in [0.717, 1.165) is 5.56 Å². The minimum atomic E-state index is -0.474. The molecule has 120 valence electrons. The second-order valence-electron chi connectivity index (χ2n) is 4.88. The second kappa shape index (κ2) is 7.40. The van der Waals surface area contributed by atoms with E-state index in [1.807, 2.05) is 24.3 Å². The number of para-hydroxylation sites is 1. The number of hydrogen-bond donors (Lipinski definition) is 1. The van der Waals surface area contributed by atoms with Crippen LogP contribution < -0.4 is 10.1 Å². The predicted molar refractivity (Wildman–Crippen MR) is 85.6 cm³/mol. The van der Waals surface area contributed by atoms with Crippen LogP contribution in [0, 0.1) is 0 Å². The maximum atomic E-state index is 12.4. The summed E-state index contributed by atoms with van der Waals surface area (Å²) in [4.78, 5) is 27.7. The van der Waals surface area contributed by atoms with Gasteiger partial charge in [-0.05, 0) is 25.1 Å². The zero-order valence-corrected chi connectivity index (χ0v) is 13.2. The molecule has 1 N–H and O–H groups in total. The Kier molecular flexibility index (Phi) is 5.30. The summed E-state index contributed by atoms with van der Waals surface area (Å²) in [5.74, 6) is -0.0765. The Morgan fingerprint density at radius 1 is 1.13 bits per heavy atom. The van der Waals surface area contributed by atoms with E-state index in [1.54, 1.807) is 26.2 Å². The van der Waals surface area contributed by atoms with E-state index in [9.17, 15) is 9.59 Å². The van der Waals surface area contributed by atoms with E-state index in [1.165, 1.54) is 13.3 Å². The smallest absolute Gasteiger partial charge is 0.339 e. The van der Waals surface area contributed by atoms with Crippen LogP contribution in [-0.2, 0) is 9.53 Å². The van der Waals surface area contributed by atoms with Gasteiger partial charge in [0.1, 0.15) is 11.6 Å². The van der Waals surface area contributed by atoms with Crippen molar-refractivity contribution in [2.45, 2.75) is 12.8 Å². The van der Waals surface area contributed by atoms with Crippen LogP contribution >= 0.6 is 0 Å². The summed E-state index contributed by atoms with van der Waals surface area (Å²) in [7, 11) is 2.86. The lowest BCUT2D eigenvalue weighted by Gasteiger charge is -2.15. The van der Waals surface area contributed by atoms with Gasteiger partial charge in [0, 0.05) is 11.8 Å². The highest BCUT2D eigenvalue weighted by atomic mass is 16.5. The minimum absolute atomic E-state index is 0.215. The first-order valence-electron chi connectivity index (χ1n) is 7.05. The SMILES string of the molecule is COC(=O)c1ccc(NC(=O)C(C)c2ccccc2OC)nc1. The molecule has 0 saturated carbocycles. The van der Waals surface area contributed by atoms with Crippen LogP contribution in [0.4, 0.5) is 5.82 Å². The highest BCUT2D eigenvalue weighted by Gasteiger charge is 2.19. The van der Waals surface area contributed by atoms with Crippen molar-refractivity contribution in [3.63, 3.8) is 0 Å². The molecule has 0 radical (unpaired) electrons. The van der Waals surface area contributed by atoms with E-state index >= 15 is 0 Å². The Morgan fingerprint density at radius 2 is 1.87 bits per heavy atom. The first-order valence-corrected chi connectivity index (χ1v) is 7.05. The minimum Gasteiger partial charge on any atom is -0.496 e. The highest BCUT2D eigenvalue weighted by Crippen LogP contribution is 2.26. The number of nitrogens with zero attached hydrogens (tertiary/aromatic N) is 1. The van der Waals surface area contributed by atoms with Crippen molar-refractivity contribution in [3.05, 3.63) is 53.7 Å². The number of nitrogens with one attached hydrogen (secondary N) is 1. The van der Waals surface area contributed by atoms with Crippen LogP contribution in [0.15, 0.2) is 42.6 Å². The maximum Gasteiger partial charge on any atom is 0.339 e. The molecule has 23 heavy (non-hydrogen) atoms. The predicted octanol–water partition coefficient (Wildman–Crippen LogP) is 2.62. The molecular weight excluding hydrogens is 296 g/mol. The molecule has 0 fully saturated rings. The molecule has 2 rings (SSSR count). The number of aromatic nitrogens is 1. The van der Waals surface area contributed by atoms with Gasteiger partial charge in [0.2, 0.25) is 5.91 Å². The van der Waals surface area contributed by atoms with E-state index in [2.05, 4.69) is 15.0 Å². The number of methoxy groups -OCH3 is 2. The third-order valence-corrected chi connectivity index (χ3v) is 3.43. The Labute approximate surface area is 134 Å². The summed E-state index contributed by atoms with van der Waals surface area (Å²) in [5.41, 5.74) is 1.11. The number of rotatable bonds is 5. The van der Waals surface area contributed by atoms with E-state index in [4.69, 9.17) is 4.74 Å². The topological polar surface area (TPSA) is 77.5 Å². The van der Waals surface area contributed by atoms with Crippen LogP contribution in [0.5, 0.6) is 5.75 Å². The van der Waals surface area contributed by atoms with Crippen molar-refractivity contribution >= 4 is 17.7 Å². The average Bonchev–Trinajstić information content (AvgIpc) is 2.60. The lowest BCUT2D eigenvalue weighted by atomic mass is 9.99. The molecule has 1 unspecified atom stereocenters. The summed E-state index contributed by atoms with van der Waals surface area (Å²) in [6.45, 7) is 1.79. The van der Waals surface area contributed by atoms with Crippen molar-refractivity contribution in [1.82, 2.24) is 4.98 Å². The molecule has 0 aliphatic rings. The first kappa shape index (κ1) is 16.5. The summed E-state index contributed by atoms with van der Waals surface area (Å²) < 4.78 is 9.87. The molecule has 0 bridgehead atoms. The molecule has 0 spiro atoms. The van der Waals surface area contributed by atoms with Gasteiger partial charge < -0.3 is 14.8 Å². The van der Waals surface area contributed by atoms with Gasteiger partial charge in [0.25, 0.3) is 0 Å². The zero-order valence-electron chi connectivity index (χ0n) is 13.2. The average molecular weight is 314 g/mol. The Morgan fingerprint density at radius 3 is 2.48 bits per heavy atom. The number of ether oxygens (including phenoxy) is 2. The van der Waals surface area contributed by atoms with Gasteiger partial charge in [-0.1, -0.05) is 18.2 Å². The third kappa shape index (κ3) is 3.85. The lowest BCUT2D eigenvalue weighted by molar-refractivity contribution is -0.117. The number of carbonyl (C=O) groups excluding carboxylic acids is 2. The third-order valence-electron chi connectivity index (χ3n) is 3.43. The molecule has 0 saturated heterocycles. The zero-order chi connectivity index (χ0) is 16.8. The van der Waals surface area contributed by atoms with Gasteiger partial charge in [-0.3, -0.25) is 4.79 Å². The summed E-state index contributed by atoms with van der Waals surface area (Å²) in [6.07, 6.45) is 1.36. The molecular formula is C17H18N2O4. The van der Waals surface area contributed by atoms with Crippen molar-refractivity contribution in [2.24, 2.45) is 0 Å². The highest BCUT2D eigenvalue weighted by molar-refractivity contribution is 5.95. The van der Waals surface area contributed by atoms with E-state index in [0.29, 0.717) is 17.1 Å². The first-order chi connectivity index (χ1) is 11.1. The molecule has 0 aliphatic carbocycles. The van der Waals surface area contributed by atoms with Gasteiger partial charge in [0.15, 0.2) is 0 Å². The number of amides is 1. The monoisotopic (exact) mass is 314 g/mol. The Hall–Kier alpha value is -2.89. The Balaban J connectivity index is 2.10. The fourth-order valence-electron chi connectivity index (χ4n) is 2.11. The fraction of sp³-hybridized carbons (Fsp3) is 0.235. The molecule has 1 atom stereocenters. The largest absolute Gasteiger partial charge is 0.496 e. The van der Waals surface area contributed by atoms with Crippen molar-refractivity contribution in [3.8, 4) is 5.75 Å². The van der Waals surface area contributed by atoms with E-state index in [-0.39, 0.29) is 5.91 Å². The summed E-state index contributed by atoms with van der Waals surface area (Å²) in [6, 6.07) is 10.5. The van der Waals surface area contributed by atoms with Crippen molar-refractivity contribution in [1.29, 1.82) is 0 Å².